The summed E-state index contributed by atoms with van der Waals surface area (Å²) in [4.78, 5) is 0.374. The van der Waals surface area contributed by atoms with Crippen LogP contribution < -0.4 is 5.73 Å². The SMILES string of the molecule is Cc1ccc(Br)cc1S(=O)(=O)N1CCCC(C)C1CN. The third-order valence-electron chi connectivity index (χ3n) is 4.04. The molecule has 0 bridgehead atoms. The van der Waals surface area contributed by atoms with Gasteiger partial charge < -0.3 is 5.73 Å². The van der Waals surface area contributed by atoms with E-state index >= 15 is 0 Å². The lowest BCUT2D eigenvalue weighted by molar-refractivity contribution is 0.192. The summed E-state index contributed by atoms with van der Waals surface area (Å²) in [5, 5.41) is 0. The van der Waals surface area contributed by atoms with Gasteiger partial charge in [-0.1, -0.05) is 28.9 Å². The van der Waals surface area contributed by atoms with Gasteiger partial charge in [0.1, 0.15) is 0 Å². The minimum Gasteiger partial charge on any atom is -0.329 e. The lowest BCUT2D eigenvalue weighted by Gasteiger charge is -2.38. The zero-order chi connectivity index (χ0) is 14.9. The number of nitrogens with two attached hydrogens (primary N) is 1. The van der Waals surface area contributed by atoms with Crippen molar-refractivity contribution in [3.05, 3.63) is 28.2 Å². The Bertz CT molecular complexity index is 589. The van der Waals surface area contributed by atoms with Gasteiger partial charge in [0, 0.05) is 23.6 Å². The number of aryl methyl sites for hydroxylation is 1. The highest BCUT2D eigenvalue weighted by Crippen LogP contribution is 2.31. The Morgan fingerprint density at radius 2 is 2.15 bits per heavy atom. The molecule has 4 nitrogen and oxygen atoms in total. The first-order valence-corrected chi connectivity index (χ1v) is 9.09. The molecule has 1 aliphatic rings. The average molecular weight is 361 g/mol. The fourth-order valence-electron chi connectivity index (χ4n) is 2.84. The van der Waals surface area contributed by atoms with Gasteiger partial charge in [-0.25, -0.2) is 8.42 Å². The molecule has 0 spiro atoms. The molecule has 1 aliphatic heterocycles. The van der Waals surface area contributed by atoms with Crippen molar-refractivity contribution < 1.29 is 8.42 Å². The van der Waals surface area contributed by atoms with Crippen molar-refractivity contribution in [1.82, 2.24) is 4.31 Å². The van der Waals surface area contributed by atoms with Crippen LogP contribution in [0.25, 0.3) is 0 Å². The maximum absolute atomic E-state index is 12.9. The first kappa shape index (κ1) is 15.9. The standard InChI is InChI=1S/C14H21BrN2O2S/c1-10-4-3-7-17(13(10)9-16)20(18,19)14-8-12(15)6-5-11(14)2/h5-6,8,10,13H,3-4,7,9,16H2,1-2H3. The van der Waals surface area contributed by atoms with Crippen molar-refractivity contribution in [2.75, 3.05) is 13.1 Å². The summed E-state index contributed by atoms with van der Waals surface area (Å²) in [7, 11) is -3.49. The smallest absolute Gasteiger partial charge is 0.243 e. The monoisotopic (exact) mass is 360 g/mol. The van der Waals surface area contributed by atoms with Crippen molar-refractivity contribution in [2.24, 2.45) is 11.7 Å². The van der Waals surface area contributed by atoms with Gasteiger partial charge in [-0.15, -0.1) is 0 Å². The lowest BCUT2D eigenvalue weighted by atomic mass is 9.93. The second kappa shape index (κ2) is 6.13. The van der Waals surface area contributed by atoms with Gasteiger partial charge in [-0.05, 0) is 43.4 Å². The van der Waals surface area contributed by atoms with Gasteiger partial charge in [-0.3, -0.25) is 0 Å². The minimum absolute atomic E-state index is 0.105. The van der Waals surface area contributed by atoms with Gasteiger partial charge in [0.05, 0.1) is 4.90 Å². The number of hydrogen-bond donors (Lipinski definition) is 1. The maximum Gasteiger partial charge on any atom is 0.243 e. The van der Waals surface area contributed by atoms with Gasteiger partial charge in [0.2, 0.25) is 10.0 Å². The average Bonchev–Trinajstić information content (AvgIpc) is 2.41. The molecule has 1 fully saturated rings. The quantitative estimate of drug-likeness (QED) is 0.900. The summed E-state index contributed by atoms with van der Waals surface area (Å²) >= 11 is 3.35. The highest BCUT2D eigenvalue weighted by atomic mass is 79.9. The van der Waals surface area contributed by atoms with Crippen LogP contribution in [0.5, 0.6) is 0 Å². The van der Waals surface area contributed by atoms with Crippen LogP contribution in [0.1, 0.15) is 25.3 Å². The number of nitrogens with zero attached hydrogens (tertiary/aromatic N) is 1. The molecule has 112 valence electrons. The van der Waals surface area contributed by atoms with Crippen LogP contribution in [0, 0.1) is 12.8 Å². The molecule has 1 heterocycles. The van der Waals surface area contributed by atoms with E-state index < -0.39 is 10.0 Å². The van der Waals surface area contributed by atoms with Crippen LogP contribution >= 0.6 is 15.9 Å². The third kappa shape index (κ3) is 2.93. The second-order valence-corrected chi connectivity index (χ2v) is 8.22. The Morgan fingerprint density at radius 3 is 2.80 bits per heavy atom. The van der Waals surface area contributed by atoms with Crippen molar-refractivity contribution >= 4 is 26.0 Å². The topological polar surface area (TPSA) is 63.4 Å². The van der Waals surface area contributed by atoms with E-state index in [4.69, 9.17) is 5.73 Å². The first-order chi connectivity index (χ1) is 9.37. The Hall–Kier alpha value is -0.430. The molecule has 20 heavy (non-hydrogen) atoms. The predicted molar refractivity (Wildman–Crippen MR) is 84.0 cm³/mol. The van der Waals surface area contributed by atoms with E-state index in [1.807, 2.05) is 19.1 Å². The summed E-state index contributed by atoms with van der Waals surface area (Å²) < 4.78 is 28.2. The second-order valence-electron chi connectivity index (χ2n) is 5.45. The van der Waals surface area contributed by atoms with Crippen LogP contribution in [-0.4, -0.2) is 31.9 Å². The van der Waals surface area contributed by atoms with E-state index in [0.29, 0.717) is 23.9 Å². The normalized spacial score (nSPS) is 24.8. The first-order valence-electron chi connectivity index (χ1n) is 6.86. The molecule has 1 aromatic rings. The fraction of sp³-hybridized carbons (Fsp3) is 0.571. The summed E-state index contributed by atoms with van der Waals surface area (Å²) in [5.41, 5.74) is 6.58. The van der Waals surface area contributed by atoms with E-state index in [1.165, 1.54) is 0 Å². The third-order valence-corrected chi connectivity index (χ3v) is 6.60. The van der Waals surface area contributed by atoms with Gasteiger partial charge in [0.15, 0.2) is 0 Å². The van der Waals surface area contributed by atoms with Crippen LogP contribution in [0.2, 0.25) is 0 Å². The number of benzene rings is 1. The van der Waals surface area contributed by atoms with Crippen LogP contribution in [-0.2, 0) is 10.0 Å². The molecular weight excluding hydrogens is 340 g/mol. The number of sulfonamides is 1. The highest BCUT2D eigenvalue weighted by Gasteiger charge is 2.37. The summed E-state index contributed by atoms with van der Waals surface area (Å²) in [6.45, 7) is 4.82. The zero-order valence-electron chi connectivity index (χ0n) is 11.8. The fourth-order valence-corrected chi connectivity index (χ4v) is 5.37. The van der Waals surface area contributed by atoms with Crippen LogP contribution in [0.3, 0.4) is 0 Å². The summed E-state index contributed by atoms with van der Waals surface area (Å²) in [6.07, 6.45) is 1.93. The maximum atomic E-state index is 12.9. The van der Waals surface area contributed by atoms with Crippen LogP contribution in [0.15, 0.2) is 27.6 Å². The largest absolute Gasteiger partial charge is 0.329 e. The molecule has 2 atom stereocenters. The number of halogens is 1. The van der Waals surface area contributed by atoms with Crippen LogP contribution in [0.4, 0.5) is 0 Å². The molecule has 1 saturated heterocycles. The summed E-state index contributed by atoms with van der Waals surface area (Å²) in [6, 6.07) is 5.25. The Labute approximate surface area is 129 Å². The van der Waals surface area contributed by atoms with Crippen molar-refractivity contribution in [3.63, 3.8) is 0 Å². The predicted octanol–water partition coefficient (Wildman–Crippen LogP) is 2.51. The van der Waals surface area contributed by atoms with Crippen molar-refractivity contribution in [3.8, 4) is 0 Å². The zero-order valence-corrected chi connectivity index (χ0v) is 14.2. The molecule has 0 aliphatic carbocycles. The molecule has 6 heteroatoms. The molecular formula is C14H21BrN2O2S. The van der Waals surface area contributed by atoms with Gasteiger partial charge in [0.25, 0.3) is 0 Å². The lowest BCUT2D eigenvalue weighted by Crippen LogP contribution is -2.51. The minimum atomic E-state index is -3.49. The molecule has 0 aromatic heterocycles. The molecule has 0 radical (unpaired) electrons. The number of rotatable bonds is 3. The molecule has 2 N–H and O–H groups in total. The molecule has 0 amide bonds. The van der Waals surface area contributed by atoms with E-state index in [1.54, 1.807) is 10.4 Å². The Kier molecular flexibility index (Phi) is 4.89. The molecule has 1 aromatic carbocycles. The van der Waals surface area contributed by atoms with E-state index in [2.05, 4.69) is 22.9 Å². The molecule has 2 unspecified atom stereocenters. The molecule has 2 rings (SSSR count). The molecule has 0 saturated carbocycles. The Morgan fingerprint density at radius 1 is 1.45 bits per heavy atom. The van der Waals surface area contributed by atoms with E-state index in [9.17, 15) is 8.42 Å². The van der Waals surface area contributed by atoms with E-state index in [-0.39, 0.29) is 6.04 Å². The van der Waals surface area contributed by atoms with E-state index in [0.717, 1.165) is 22.9 Å². The highest BCUT2D eigenvalue weighted by molar-refractivity contribution is 9.10. The number of hydrogen-bond acceptors (Lipinski definition) is 3. The van der Waals surface area contributed by atoms with Crippen molar-refractivity contribution in [1.29, 1.82) is 0 Å². The van der Waals surface area contributed by atoms with Gasteiger partial charge in [-0.2, -0.15) is 4.31 Å². The van der Waals surface area contributed by atoms with Crippen molar-refractivity contribution in [2.45, 2.75) is 37.6 Å². The number of piperidine rings is 1. The Balaban J connectivity index is 2.45. The van der Waals surface area contributed by atoms with Gasteiger partial charge >= 0.3 is 0 Å². The summed E-state index contributed by atoms with van der Waals surface area (Å²) in [5.74, 6) is 0.302.